The van der Waals surface area contributed by atoms with E-state index in [9.17, 15) is 9.59 Å². The number of benzene rings is 1. The average Bonchev–Trinajstić information content (AvgIpc) is 3.29. The van der Waals surface area contributed by atoms with E-state index in [4.69, 9.17) is 4.42 Å². The molecule has 6 nitrogen and oxygen atoms in total. The van der Waals surface area contributed by atoms with Crippen molar-refractivity contribution in [3.8, 4) is 0 Å². The molecule has 0 aliphatic rings. The number of aldehydes is 1. The molecule has 0 aliphatic heterocycles. The van der Waals surface area contributed by atoms with Crippen molar-refractivity contribution in [2.75, 3.05) is 11.4 Å². The van der Waals surface area contributed by atoms with Crippen molar-refractivity contribution >= 4 is 23.6 Å². The van der Waals surface area contributed by atoms with Gasteiger partial charge in [0.25, 0.3) is 5.56 Å². The number of rotatable bonds is 7. The Kier molecular flexibility index (Phi) is 5.33. The van der Waals surface area contributed by atoms with Gasteiger partial charge < -0.3 is 4.42 Å². The first-order valence-corrected chi connectivity index (χ1v) is 9.24. The molecule has 0 unspecified atom stereocenters. The van der Waals surface area contributed by atoms with Gasteiger partial charge >= 0.3 is 0 Å². The predicted molar refractivity (Wildman–Crippen MR) is 112 cm³/mol. The fraction of sp³-hybridized carbons (Fsp3) is 0.0870. The fourth-order valence-electron chi connectivity index (χ4n) is 3.12. The van der Waals surface area contributed by atoms with Crippen LogP contribution in [0, 0.1) is 0 Å². The summed E-state index contributed by atoms with van der Waals surface area (Å²) in [4.78, 5) is 30.8. The first kappa shape index (κ1) is 18.4. The number of furan rings is 1. The van der Waals surface area contributed by atoms with Gasteiger partial charge in [0.15, 0.2) is 12.1 Å². The lowest BCUT2D eigenvalue weighted by atomic mass is 10.1. The largest absolute Gasteiger partial charge is 0.448 e. The van der Waals surface area contributed by atoms with Crippen LogP contribution in [0.15, 0.2) is 94.5 Å². The number of hydrogen-bond acceptors (Lipinski definition) is 5. The molecule has 0 fully saturated rings. The van der Waals surface area contributed by atoms with E-state index in [1.165, 1.54) is 9.96 Å². The molecule has 0 N–H and O–H groups in total. The Morgan fingerprint density at radius 1 is 1.00 bits per heavy atom. The van der Waals surface area contributed by atoms with Crippen LogP contribution in [0.25, 0.3) is 5.65 Å². The Morgan fingerprint density at radius 3 is 2.59 bits per heavy atom. The molecule has 0 amide bonds. The highest BCUT2D eigenvalue weighted by atomic mass is 16.3. The molecule has 0 spiro atoms. The van der Waals surface area contributed by atoms with Gasteiger partial charge in [0.1, 0.15) is 11.2 Å². The molecule has 6 heteroatoms. The van der Waals surface area contributed by atoms with Gasteiger partial charge in [-0.15, -0.1) is 0 Å². The molecule has 3 aromatic heterocycles. The zero-order chi connectivity index (χ0) is 20.1. The number of carbonyl (C=O) groups excluding carboxylic acids is 1. The third-order valence-electron chi connectivity index (χ3n) is 4.55. The molecule has 0 saturated heterocycles. The molecule has 4 rings (SSSR count). The lowest BCUT2D eigenvalue weighted by molar-refractivity contribution is 0.112. The summed E-state index contributed by atoms with van der Waals surface area (Å²) in [5.74, 6) is 0.778. The lowest BCUT2D eigenvalue weighted by Crippen LogP contribution is -2.27. The predicted octanol–water partition coefficient (Wildman–Crippen LogP) is 4.04. The zero-order valence-electron chi connectivity index (χ0n) is 15.6. The molecule has 0 saturated carbocycles. The van der Waals surface area contributed by atoms with E-state index in [1.54, 1.807) is 47.7 Å². The SMILES string of the molecule is O=Cc1c(N(C/C=C/Cc2ccccc2)c2ccco2)nc2ccccn2c1=O. The summed E-state index contributed by atoms with van der Waals surface area (Å²) in [6, 6.07) is 18.9. The third-order valence-corrected chi connectivity index (χ3v) is 4.55. The number of aromatic nitrogens is 2. The highest BCUT2D eigenvalue weighted by molar-refractivity contribution is 5.84. The van der Waals surface area contributed by atoms with E-state index in [0.29, 0.717) is 24.4 Å². The van der Waals surface area contributed by atoms with Crippen molar-refractivity contribution in [3.63, 3.8) is 0 Å². The van der Waals surface area contributed by atoms with Crippen LogP contribution in [0.1, 0.15) is 15.9 Å². The van der Waals surface area contributed by atoms with Crippen LogP contribution in [-0.4, -0.2) is 22.2 Å². The van der Waals surface area contributed by atoms with Gasteiger partial charge in [-0.05, 0) is 30.2 Å². The number of pyridine rings is 1. The van der Waals surface area contributed by atoms with Crippen molar-refractivity contribution in [2.24, 2.45) is 0 Å². The smallest absolute Gasteiger partial charge is 0.270 e. The lowest BCUT2D eigenvalue weighted by Gasteiger charge is -2.21. The quantitative estimate of drug-likeness (QED) is 0.355. The molecule has 0 atom stereocenters. The van der Waals surface area contributed by atoms with Crippen molar-refractivity contribution in [1.82, 2.24) is 9.38 Å². The van der Waals surface area contributed by atoms with Gasteiger partial charge in [0.2, 0.25) is 5.88 Å². The Morgan fingerprint density at radius 2 is 1.83 bits per heavy atom. The number of allylic oxidation sites excluding steroid dienone is 1. The monoisotopic (exact) mass is 385 g/mol. The van der Waals surface area contributed by atoms with Gasteiger partial charge in [-0.2, -0.15) is 0 Å². The summed E-state index contributed by atoms with van der Waals surface area (Å²) in [6.07, 6.45) is 8.48. The van der Waals surface area contributed by atoms with E-state index in [1.807, 2.05) is 30.4 Å². The molecule has 1 aromatic carbocycles. The Labute approximate surface area is 167 Å². The molecule has 29 heavy (non-hydrogen) atoms. The second kappa shape index (κ2) is 8.39. The Balaban J connectivity index is 1.71. The van der Waals surface area contributed by atoms with Crippen molar-refractivity contribution in [2.45, 2.75) is 6.42 Å². The van der Waals surface area contributed by atoms with Gasteiger partial charge in [-0.1, -0.05) is 48.6 Å². The van der Waals surface area contributed by atoms with Gasteiger partial charge in [0.05, 0.1) is 6.26 Å². The summed E-state index contributed by atoms with van der Waals surface area (Å²) in [6.45, 7) is 0.399. The van der Waals surface area contributed by atoms with Gasteiger partial charge in [0, 0.05) is 18.8 Å². The maximum Gasteiger partial charge on any atom is 0.270 e. The first-order valence-electron chi connectivity index (χ1n) is 9.24. The second-order valence-corrected chi connectivity index (χ2v) is 6.42. The molecular weight excluding hydrogens is 366 g/mol. The Hall–Kier alpha value is -3.93. The van der Waals surface area contributed by atoms with Crippen molar-refractivity contribution < 1.29 is 9.21 Å². The summed E-state index contributed by atoms with van der Waals surface area (Å²) < 4.78 is 6.90. The van der Waals surface area contributed by atoms with Crippen LogP contribution >= 0.6 is 0 Å². The van der Waals surface area contributed by atoms with Crippen LogP contribution in [-0.2, 0) is 6.42 Å². The molecule has 144 valence electrons. The average molecular weight is 385 g/mol. The van der Waals surface area contributed by atoms with Crippen LogP contribution in [0.4, 0.5) is 11.7 Å². The van der Waals surface area contributed by atoms with Crippen molar-refractivity contribution in [1.29, 1.82) is 0 Å². The maximum absolute atomic E-state index is 12.8. The number of fused-ring (bicyclic) bond motifs is 1. The maximum atomic E-state index is 12.8. The van der Waals surface area contributed by atoms with E-state index in [0.717, 1.165) is 6.42 Å². The van der Waals surface area contributed by atoms with Gasteiger partial charge in [-0.3, -0.25) is 18.9 Å². The van der Waals surface area contributed by atoms with E-state index in [-0.39, 0.29) is 11.4 Å². The number of nitrogens with zero attached hydrogens (tertiary/aromatic N) is 3. The fourth-order valence-corrected chi connectivity index (χ4v) is 3.12. The summed E-state index contributed by atoms with van der Waals surface area (Å²) >= 11 is 0. The zero-order valence-corrected chi connectivity index (χ0v) is 15.6. The second-order valence-electron chi connectivity index (χ2n) is 6.42. The highest BCUT2D eigenvalue weighted by Crippen LogP contribution is 2.25. The molecule has 4 aromatic rings. The topological polar surface area (TPSA) is 67.8 Å². The number of hydrogen-bond donors (Lipinski definition) is 0. The minimum absolute atomic E-state index is 0.0124. The van der Waals surface area contributed by atoms with Crippen LogP contribution in [0.3, 0.4) is 0 Å². The van der Waals surface area contributed by atoms with Crippen LogP contribution in [0.2, 0.25) is 0 Å². The molecule has 0 bridgehead atoms. The minimum atomic E-state index is -0.412. The number of anilines is 2. The molecular formula is C23H19N3O3. The standard InChI is InChI=1S/C23H19N3O3/c27-17-19-22(24-20-12-5-7-14-25(20)23(19)28)26(21-13-8-16-29-21)15-6-4-11-18-9-2-1-3-10-18/h1-10,12-14,16-17H,11,15H2/b6-4+. The molecule has 0 aliphatic carbocycles. The molecule has 0 radical (unpaired) electrons. The summed E-state index contributed by atoms with van der Waals surface area (Å²) in [5, 5.41) is 0. The third kappa shape index (κ3) is 3.87. The van der Waals surface area contributed by atoms with E-state index < -0.39 is 5.56 Å². The normalized spacial score (nSPS) is 11.2. The molecule has 3 heterocycles. The summed E-state index contributed by atoms with van der Waals surface area (Å²) in [7, 11) is 0. The van der Waals surface area contributed by atoms with Crippen LogP contribution in [0.5, 0.6) is 0 Å². The first-order chi connectivity index (χ1) is 14.3. The van der Waals surface area contributed by atoms with E-state index in [2.05, 4.69) is 17.1 Å². The minimum Gasteiger partial charge on any atom is -0.448 e. The van der Waals surface area contributed by atoms with Crippen molar-refractivity contribution in [3.05, 3.63) is 107 Å². The highest BCUT2D eigenvalue weighted by Gasteiger charge is 2.20. The summed E-state index contributed by atoms with van der Waals surface area (Å²) in [5.41, 5.74) is 1.24. The number of carbonyl (C=O) groups is 1. The van der Waals surface area contributed by atoms with Crippen LogP contribution < -0.4 is 10.5 Å². The van der Waals surface area contributed by atoms with E-state index >= 15 is 0 Å². The Bertz CT molecular complexity index is 1200. The van der Waals surface area contributed by atoms with Gasteiger partial charge in [-0.25, -0.2) is 4.98 Å².